The van der Waals surface area contributed by atoms with Crippen LogP contribution in [0.15, 0.2) is 36.7 Å². The fourth-order valence-corrected chi connectivity index (χ4v) is 6.13. The highest BCUT2D eigenvalue weighted by atomic mass is 35.5. The zero-order valence-corrected chi connectivity index (χ0v) is 26.6. The number of methoxy groups -OCH3 is 1. The number of unbranched alkanes of at least 4 members (excludes halogenated alkanes) is 2. The smallest absolute Gasteiger partial charge is 0.324 e. The number of amides is 3. The number of carbonyl (C=O) groups is 2. The molecule has 0 spiro atoms. The van der Waals surface area contributed by atoms with Gasteiger partial charge in [-0.15, -0.1) is 0 Å². The van der Waals surface area contributed by atoms with E-state index in [0.717, 1.165) is 55.4 Å². The van der Waals surface area contributed by atoms with Crippen molar-refractivity contribution in [2.75, 3.05) is 58.9 Å². The lowest BCUT2D eigenvalue weighted by Crippen LogP contribution is -2.60. The van der Waals surface area contributed by atoms with Gasteiger partial charge in [-0.1, -0.05) is 31.4 Å². The molecule has 0 aliphatic carbocycles. The SMILES string of the molecule is CCCCCOc1cc(N2CCCN(Cc3ccnc4c3c(Cl)cn4C(C)C(=O)N3CC(N(C)C)C3)C2=O)ccc1OC. The van der Waals surface area contributed by atoms with Gasteiger partial charge in [-0.05, 0) is 57.6 Å². The van der Waals surface area contributed by atoms with Crippen molar-refractivity contribution in [1.82, 2.24) is 24.3 Å². The molecule has 0 N–H and O–H groups in total. The molecule has 11 heteroatoms. The van der Waals surface area contributed by atoms with Gasteiger partial charge in [0, 0.05) is 68.3 Å². The Labute approximate surface area is 259 Å². The molecule has 4 heterocycles. The third-order valence-electron chi connectivity index (χ3n) is 8.57. The molecule has 2 saturated heterocycles. The average molecular weight is 611 g/mol. The van der Waals surface area contributed by atoms with Crippen molar-refractivity contribution in [2.45, 2.75) is 58.2 Å². The summed E-state index contributed by atoms with van der Waals surface area (Å²) in [4.78, 5) is 39.3. The third kappa shape index (κ3) is 6.40. The highest BCUT2D eigenvalue weighted by Crippen LogP contribution is 2.35. The number of nitrogens with zero attached hydrogens (tertiary/aromatic N) is 6. The van der Waals surface area contributed by atoms with Gasteiger partial charge >= 0.3 is 6.03 Å². The minimum atomic E-state index is -0.443. The molecular formula is C32H43ClN6O4. The lowest BCUT2D eigenvalue weighted by Gasteiger charge is -2.43. The molecule has 232 valence electrons. The van der Waals surface area contributed by atoms with Crippen LogP contribution in [0.4, 0.5) is 10.5 Å². The normalized spacial score (nSPS) is 16.6. The summed E-state index contributed by atoms with van der Waals surface area (Å²) in [5.41, 5.74) is 2.32. The van der Waals surface area contributed by atoms with E-state index in [2.05, 4.69) is 16.8 Å². The predicted molar refractivity (Wildman–Crippen MR) is 169 cm³/mol. The van der Waals surface area contributed by atoms with Crippen molar-refractivity contribution < 1.29 is 19.1 Å². The summed E-state index contributed by atoms with van der Waals surface area (Å²) < 4.78 is 13.4. The average Bonchev–Trinajstić information content (AvgIpc) is 3.32. The minimum Gasteiger partial charge on any atom is -0.493 e. The van der Waals surface area contributed by atoms with E-state index in [1.807, 2.05) is 59.7 Å². The van der Waals surface area contributed by atoms with Crippen LogP contribution in [-0.4, -0.2) is 96.2 Å². The van der Waals surface area contributed by atoms with Gasteiger partial charge in [-0.25, -0.2) is 9.78 Å². The van der Waals surface area contributed by atoms with Gasteiger partial charge in [0.05, 0.1) is 18.7 Å². The molecule has 3 amide bonds. The van der Waals surface area contributed by atoms with Gasteiger partial charge in [-0.2, -0.15) is 0 Å². The molecule has 10 nitrogen and oxygen atoms in total. The fourth-order valence-electron chi connectivity index (χ4n) is 5.82. The van der Waals surface area contributed by atoms with Crippen LogP contribution >= 0.6 is 11.6 Å². The Bertz CT molecular complexity index is 1450. The topological polar surface area (TPSA) is 83.4 Å². The van der Waals surface area contributed by atoms with Crippen LogP contribution in [0.3, 0.4) is 0 Å². The second kappa shape index (κ2) is 13.4. The summed E-state index contributed by atoms with van der Waals surface area (Å²) in [7, 11) is 5.69. The third-order valence-corrected chi connectivity index (χ3v) is 8.86. The number of fused-ring (bicyclic) bond motifs is 1. The fraction of sp³-hybridized carbons (Fsp3) is 0.531. The molecule has 0 radical (unpaired) electrons. The van der Waals surface area contributed by atoms with Gasteiger partial charge in [0.15, 0.2) is 11.5 Å². The number of hydrogen-bond acceptors (Lipinski definition) is 6. The first-order valence-corrected chi connectivity index (χ1v) is 15.6. The molecule has 2 fully saturated rings. The number of likely N-dealkylation sites (tertiary alicyclic amines) is 1. The number of carbonyl (C=O) groups excluding carboxylic acids is 2. The maximum atomic E-state index is 13.8. The molecule has 2 aromatic heterocycles. The van der Waals surface area contributed by atoms with Crippen LogP contribution in [0, 0.1) is 0 Å². The molecule has 2 aliphatic rings. The van der Waals surface area contributed by atoms with Gasteiger partial charge in [-0.3, -0.25) is 9.69 Å². The number of aromatic nitrogens is 2. The summed E-state index contributed by atoms with van der Waals surface area (Å²) in [5.74, 6) is 1.34. The number of pyridine rings is 1. The van der Waals surface area contributed by atoms with Crippen molar-refractivity contribution in [3.8, 4) is 11.5 Å². The Morgan fingerprint density at radius 1 is 1.16 bits per heavy atom. The van der Waals surface area contributed by atoms with Gasteiger partial charge < -0.3 is 28.7 Å². The van der Waals surface area contributed by atoms with Crippen LogP contribution in [0.5, 0.6) is 11.5 Å². The minimum absolute atomic E-state index is 0.0499. The van der Waals surface area contributed by atoms with Crippen molar-refractivity contribution >= 4 is 40.3 Å². The van der Waals surface area contributed by atoms with Crippen molar-refractivity contribution in [3.05, 3.63) is 47.2 Å². The van der Waals surface area contributed by atoms with Crippen LogP contribution in [-0.2, 0) is 11.3 Å². The number of likely N-dealkylation sites (N-methyl/N-ethyl adjacent to an activating group) is 1. The zero-order valence-electron chi connectivity index (χ0n) is 25.9. The monoisotopic (exact) mass is 610 g/mol. The van der Waals surface area contributed by atoms with Crippen molar-refractivity contribution in [1.29, 1.82) is 0 Å². The molecule has 1 atom stereocenters. The highest BCUT2D eigenvalue weighted by Gasteiger charge is 2.35. The number of hydrogen-bond donors (Lipinski definition) is 0. The van der Waals surface area contributed by atoms with Crippen LogP contribution in [0.2, 0.25) is 5.02 Å². The van der Waals surface area contributed by atoms with Crippen molar-refractivity contribution in [2.24, 2.45) is 0 Å². The molecule has 2 aliphatic heterocycles. The molecule has 1 unspecified atom stereocenters. The second-order valence-electron chi connectivity index (χ2n) is 11.7. The van der Waals surface area contributed by atoms with E-state index in [1.54, 1.807) is 24.4 Å². The molecule has 43 heavy (non-hydrogen) atoms. The van der Waals surface area contributed by atoms with Crippen molar-refractivity contribution in [3.63, 3.8) is 0 Å². The van der Waals surface area contributed by atoms with E-state index in [1.165, 1.54) is 0 Å². The summed E-state index contributed by atoms with van der Waals surface area (Å²) in [5, 5.41) is 1.30. The van der Waals surface area contributed by atoms with E-state index in [9.17, 15) is 9.59 Å². The first-order valence-electron chi connectivity index (χ1n) is 15.2. The van der Waals surface area contributed by atoms with E-state index < -0.39 is 6.04 Å². The lowest BCUT2D eigenvalue weighted by molar-refractivity contribution is -0.141. The summed E-state index contributed by atoms with van der Waals surface area (Å²) in [6.07, 6.45) is 7.52. The standard InChI is InChI=1S/C32H43ClN6O4/c1-6-7-8-16-43-28-17-24(10-11-27(28)42-5)38-15-9-14-36(32(38)41)18-23-12-13-34-30-29(23)26(33)21-39(30)22(2)31(40)37-19-25(20-37)35(3)4/h10-13,17,21-22,25H,6-9,14-16,18-20H2,1-5H3. The van der Waals surface area contributed by atoms with Gasteiger partial charge in [0.25, 0.3) is 0 Å². The summed E-state index contributed by atoms with van der Waals surface area (Å²) in [6, 6.07) is 7.42. The molecule has 5 rings (SSSR count). The second-order valence-corrected chi connectivity index (χ2v) is 12.1. The number of anilines is 1. The Hall–Kier alpha value is -3.50. The lowest BCUT2D eigenvalue weighted by atomic mass is 10.1. The Kier molecular flexibility index (Phi) is 9.66. The maximum Gasteiger partial charge on any atom is 0.324 e. The largest absolute Gasteiger partial charge is 0.493 e. The van der Waals surface area contributed by atoms with E-state index in [-0.39, 0.29) is 11.9 Å². The molecule has 0 saturated carbocycles. The first-order chi connectivity index (χ1) is 20.7. The molecule has 0 bridgehead atoms. The number of halogens is 1. The Morgan fingerprint density at radius 2 is 1.95 bits per heavy atom. The Balaban J connectivity index is 1.33. The molecule has 3 aromatic rings. The molecule has 1 aromatic carbocycles. The highest BCUT2D eigenvalue weighted by molar-refractivity contribution is 6.35. The summed E-state index contributed by atoms with van der Waals surface area (Å²) in [6.45, 7) is 7.71. The quantitative estimate of drug-likeness (QED) is 0.254. The maximum absolute atomic E-state index is 13.8. The molecular weight excluding hydrogens is 568 g/mol. The van der Waals surface area contributed by atoms with E-state index in [4.69, 9.17) is 21.1 Å². The first kappa shape index (κ1) is 30.9. The van der Waals surface area contributed by atoms with E-state index in [0.29, 0.717) is 54.5 Å². The Morgan fingerprint density at radius 3 is 2.67 bits per heavy atom. The predicted octanol–water partition coefficient (Wildman–Crippen LogP) is 5.43. The number of benzene rings is 1. The number of ether oxygens (including phenoxy) is 2. The van der Waals surface area contributed by atoms with Crippen LogP contribution in [0.25, 0.3) is 11.0 Å². The van der Waals surface area contributed by atoms with E-state index >= 15 is 0 Å². The van der Waals surface area contributed by atoms with Gasteiger partial charge in [0.2, 0.25) is 5.91 Å². The van der Waals surface area contributed by atoms with Crippen LogP contribution < -0.4 is 14.4 Å². The summed E-state index contributed by atoms with van der Waals surface area (Å²) >= 11 is 6.78. The zero-order chi connectivity index (χ0) is 30.7. The number of rotatable bonds is 12. The van der Waals surface area contributed by atoms with Crippen LogP contribution in [0.1, 0.15) is 51.1 Å². The number of urea groups is 1. The van der Waals surface area contributed by atoms with Gasteiger partial charge in [0.1, 0.15) is 11.7 Å².